The summed E-state index contributed by atoms with van der Waals surface area (Å²) >= 11 is 0.969. The highest BCUT2D eigenvalue weighted by atomic mass is 32.2. The lowest BCUT2D eigenvalue weighted by molar-refractivity contribution is -0.134. The Morgan fingerprint density at radius 2 is 1.82 bits per heavy atom. The van der Waals surface area contributed by atoms with Crippen molar-refractivity contribution in [1.82, 2.24) is 10.5 Å². The quantitative estimate of drug-likeness (QED) is 0.293. The molecule has 1 aliphatic heterocycles. The van der Waals surface area contributed by atoms with Crippen LogP contribution < -0.4 is 5.48 Å². The van der Waals surface area contributed by atoms with E-state index in [1.54, 1.807) is 0 Å². The van der Waals surface area contributed by atoms with Gasteiger partial charge in [0.15, 0.2) is 14.6 Å². The second-order valence-electron chi connectivity index (χ2n) is 7.27. The van der Waals surface area contributed by atoms with Gasteiger partial charge in [-0.1, -0.05) is 12.1 Å². The highest BCUT2D eigenvalue weighted by Gasteiger charge is 2.52. The van der Waals surface area contributed by atoms with Gasteiger partial charge >= 0.3 is 5.51 Å². The molecular weight excluding hydrogens is 501 g/mol. The van der Waals surface area contributed by atoms with Crippen LogP contribution in [0.15, 0.2) is 52.3 Å². The van der Waals surface area contributed by atoms with Gasteiger partial charge in [0.1, 0.15) is 5.01 Å². The van der Waals surface area contributed by atoms with Crippen molar-refractivity contribution in [3.63, 3.8) is 0 Å². The third kappa shape index (κ3) is 4.60. The molecular formula is C20H17F3N2O5S3. The highest BCUT2D eigenvalue weighted by Crippen LogP contribution is 2.40. The Balaban J connectivity index is 1.69. The Hall–Kier alpha value is -2.19. The molecule has 1 aromatic heterocycles. The van der Waals surface area contributed by atoms with Gasteiger partial charge in [-0.3, -0.25) is 10.0 Å². The topological polar surface area (TPSA) is 106 Å². The fourth-order valence-electron chi connectivity index (χ4n) is 3.64. The van der Waals surface area contributed by atoms with Crippen LogP contribution >= 0.6 is 23.1 Å². The number of halogens is 3. The second kappa shape index (κ2) is 8.87. The van der Waals surface area contributed by atoms with E-state index in [0.717, 1.165) is 0 Å². The first kappa shape index (κ1) is 24.0. The number of alkyl halides is 3. The van der Waals surface area contributed by atoms with Crippen LogP contribution in [0, 0.1) is 0 Å². The van der Waals surface area contributed by atoms with Gasteiger partial charge in [0, 0.05) is 23.7 Å². The van der Waals surface area contributed by atoms with Gasteiger partial charge in [-0.25, -0.2) is 18.9 Å². The number of nitrogens with one attached hydrogen (secondary N) is 1. The number of nitrogens with zero attached hydrogens (tertiary/aromatic N) is 1. The number of benzene rings is 2. The summed E-state index contributed by atoms with van der Waals surface area (Å²) in [6, 6.07) is 10.0. The van der Waals surface area contributed by atoms with E-state index in [9.17, 15) is 26.4 Å². The highest BCUT2D eigenvalue weighted by molar-refractivity contribution is 8.00. The molecule has 1 saturated heterocycles. The summed E-state index contributed by atoms with van der Waals surface area (Å²) in [5, 5.41) is 9.68. The molecule has 2 heterocycles. The van der Waals surface area contributed by atoms with Crippen LogP contribution in [0.3, 0.4) is 0 Å². The van der Waals surface area contributed by atoms with Crippen LogP contribution in [0.4, 0.5) is 13.2 Å². The van der Waals surface area contributed by atoms with Crippen molar-refractivity contribution >= 4 is 49.1 Å². The van der Waals surface area contributed by atoms with Gasteiger partial charge in [0.25, 0.3) is 5.91 Å². The molecule has 1 amide bonds. The number of carbonyl (C=O) groups excluding carboxylic acids is 1. The summed E-state index contributed by atoms with van der Waals surface area (Å²) in [7, 11) is -4.19. The summed E-state index contributed by atoms with van der Waals surface area (Å²) < 4.78 is 68.4. The maximum atomic E-state index is 13.4. The molecule has 0 bridgehead atoms. The number of sulfone groups is 1. The summed E-state index contributed by atoms with van der Waals surface area (Å²) in [5.74, 6) is -1.01. The molecule has 2 aromatic carbocycles. The van der Waals surface area contributed by atoms with Crippen molar-refractivity contribution < 1.29 is 36.3 Å². The third-order valence-corrected chi connectivity index (χ3v) is 9.64. The summed E-state index contributed by atoms with van der Waals surface area (Å²) in [6.45, 7) is 0.116. The molecule has 0 atom stereocenters. The number of aromatic nitrogens is 1. The van der Waals surface area contributed by atoms with Crippen LogP contribution in [0.1, 0.15) is 12.8 Å². The van der Waals surface area contributed by atoms with Crippen LogP contribution in [-0.2, 0) is 19.4 Å². The molecule has 0 aliphatic carbocycles. The first-order valence-electron chi connectivity index (χ1n) is 9.59. The zero-order valence-corrected chi connectivity index (χ0v) is 19.2. The summed E-state index contributed by atoms with van der Waals surface area (Å²) in [4.78, 5) is 16.8. The fraction of sp³-hybridized carbons (Fsp3) is 0.300. The molecule has 1 fully saturated rings. The van der Waals surface area contributed by atoms with E-state index in [1.807, 2.05) is 0 Å². The van der Waals surface area contributed by atoms with Crippen LogP contribution in [0.25, 0.3) is 20.8 Å². The molecule has 3 aromatic rings. The lowest BCUT2D eigenvalue weighted by Crippen LogP contribution is -2.54. The average molecular weight is 519 g/mol. The van der Waals surface area contributed by atoms with E-state index < -0.39 is 26.0 Å². The van der Waals surface area contributed by atoms with E-state index in [0.29, 0.717) is 20.8 Å². The predicted molar refractivity (Wildman–Crippen MR) is 117 cm³/mol. The van der Waals surface area contributed by atoms with Gasteiger partial charge in [-0.15, -0.1) is 11.3 Å². The maximum absolute atomic E-state index is 13.4. The zero-order chi connectivity index (χ0) is 23.9. The number of amides is 1. The van der Waals surface area contributed by atoms with Crippen molar-refractivity contribution in [3.8, 4) is 10.6 Å². The Labute approximate surface area is 194 Å². The number of fused-ring (bicyclic) bond motifs is 1. The van der Waals surface area contributed by atoms with E-state index in [1.165, 1.54) is 59.3 Å². The number of hydroxylamine groups is 1. The minimum absolute atomic E-state index is 0.0460. The van der Waals surface area contributed by atoms with E-state index in [2.05, 4.69) is 4.98 Å². The van der Waals surface area contributed by atoms with Gasteiger partial charge in [0.05, 0.1) is 15.1 Å². The van der Waals surface area contributed by atoms with Crippen LogP contribution in [-0.4, -0.2) is 48.0 Å². The largest absolute Gasteiger partial charge is 0.446 e. The summed E-state index contributed by atoms with van der Waals surface area (Å²) in [6.07, 6.45) is -0.202. The smallest absolute Gasteiger partial charge is 0.381 e. The molecule has 176 valence electrons. The molecule has 0 unspecified atom stereocenters. The zero-order valence-electron chi connectivity index (χ0n) is 16.8. The standard InChI is InChI=1S/C20H17F3N2O5S3/c21-20(22,23)32-13-3-1-12(2-4-13)17-24-15-6-5-14(11-16(15)31-17)33(28,29)19(18(26)25-27)7-9-30-10-8-19/h1-6,11,27H,7-10H2,(H,25,26). The number of hydrogen-bond acceptors (Lipinski definition) is 8. The minimum atomic E-state index is -4.38. The Morgan fingerprint density at radius 1 is 1.15 bits per heavy atom. The third-order valence-electron chi connectivity index (χ3n) is 5.34. The first-order valence-corrected chi connectivity index (χ1v) is 12.7. The Kier molecular flexibility index (Phi) is 6.44. The summed E-state index contributed by atoms with van der Waals surface area (Å²) in [5.41, 5.74) is -1.80. The number of rotatable bonds is 5. The Morgan fingerprint density at radius 3 is 2.42 bits per heavy atom. The van der Waals surface area contributed by atoms with E-state index in [4.69, 9.17) is 9.94 Å². The fourth-order valence-corrected chi connectivity index (χ4v) is 7.23. The number of thiazole rings is 1. The molecule has 0 radical (unpaired) electrons. The second-order valence-corrected chi connectivity index (χ2v) is 11.7. The molecule has 13 heteroatoms. The van der Waals surface area contributed by atoms with E-state index >= 15 is 0 Å². The molecule has 1 aliphatic rings. The SMILES string of the molecule is O=C(NO)C1(S(=O)(=O)c2ccc3nc(-c4ccc(SC(F)(F)F)cc4)sc3c2)CCOCC1. The normalized spacial score (nSPS) is 16.6. The number of hydrogen-bond donors (Lipinski definition) is 2. The van der Waals surface area contributed by atoms with Crippen molar-refractivity contribution in [2.45, 2.75) is 32.9 Å². The first-order chi connectivity index (χ1) is 15.6. The van der Waals surface area contributed by atoms with Gasteiger partial charge in [0.2, 0.25) is 0 Å². The van der Waals surface area contributed by atoms with Gasteiger partial charge in [-0.2, -0.15) is 13.2 Å². The molecule has 33 heavy (non-hydrogen) atoms. The lowest BCUT2D eigenvalue weighted by Gasteiger charge is -2.34. The van der Waals surface area contributed by atoms with Crippen molar-refractivity contribution in [2.75, 3.05) is 13.2 Å². The molecule has 2 N–H and O–H groups in total. The molecule has 0 spiro atoms. The van der Waals surface area contributed by atoms with Gasteiger partial charge in [-0.05, 0) is 54.9 Å². The minimum Gasteiger partial charge on any atom is -0.381 e. The van der Waals surface area contributed by atoms with E-state index in [-0.39, 0.29) is 47.6 Å². The predicted octanol–water partition coefficient (Wildman–Crippen LogP) is 4.40. The van der Waals surface area contributed by atoms with Crippen molar-refractivity contribution in [2.24, 2.45) is 0 Å². The van der Waals surface area contributed by atoms with Crippen molar-refractivity contribution in [3.05, 3.63) is 42.5 Å². The maximum Gasteiger partial charge on any atom is 0.446 e. The van der Waals surface area contributed by atoms with Crippen molar-refractivity contribution in [1.29, 1.82) is 0 Å². The molecule has 7 nitrogen and oxygen atoms in total. The number of carbonyl (C=O) groups is 1. The average Bonchev–Trinajstić information content (AvgIpc) is 3.21. The van der Waals surface area contributed by atoms with Crippen LogP contribution in [0.5, 0.6) is 0 Å². The monoisotopic (exact) mass is 518 g/mol. The van der Waals surface area contributed by atoms with Gasteiger partial charge < -0.3 is 4.74 Å². The molecule has 0 saturated carbocycles. The Bertz CT molecular complexity index is 1280. The lowest BCUT2D eigenvalue weighted by atomic mass is 9.98. The number of thioether (sulfide) groups is 1. The van der Waals surface area contributed by atoms with Crippen LogP contribution in [0.2, 0.25) is 0 Å². The molecule has 4 rings (SSSR count). The number of ether oxygens (including phenoxy) is 1.